The summed E-state index contributed by atoms with van der Waals surface area (Å²) in [7, 11) is 0. The van der Waals surface area contributed by atoms with Crippen LogP contribution in [0.5, 0.6) is 0 Å². The molecule has 1 atom stereocenters. The molecule has 0 amide bonds. The predicted molar refractivity (Wildman–Crippen MR) is 39.0 cm³/mol. The van der Waals surface area contributed by atoms with Crippen LogP contribution in [-0.4, -0.2) is 37.0 Å². The molecule has 0 saturated carbocycles. The fourth-order valence-electron chi connectivity index (χ4n) is 1.44. The van der Waals surface area contributed by atoms with Gasteiger partial charge in [-0.1, -0.05) is 0 Å². The molecule has 0 aromatic rings. The third kappa shape index (κ3) is 1.01. The van der Waals surface area contributed by atoms with Crippen LogP contribution >= 0.6 is 0 Å². The van der Waals surface area contributed by atoms with Crippen LogP contribution in [0.3, 0.4) is 0 Å². The highest BCUT2D eigenvalue weighted by Crippen LogP contribution is 2.14. The fraction of sp³-hybridized carbons (Fsp3) is 0.857. The van der Waals surface area contributed by atoms with Gasteiger partial charge in [0.25, 0.3) is 0 Å². The van der Waals surface area contributed by atoms with Crippen LogP contribution in [-0.2, 0) is 4.74 Å². The number of ether oxygens (including phenoxy) is 1. The molecule has 2 aliphatic heterocycles. The van der Waals surface area contributed by atoms with Crippen molar-refractivity contribution in [1.29, 1.82) is 0 Å². The Balaban J connectivity index is 1.91. The van der Waals surface area contributed by atoms with Crippen molar-refractivity contribution >= 4 is 6.21 Å². The van der Waals surface area contributed by atoms with Gasteiger partial charge in [-0.05, 0) is 6.42 Å². The third-order valence-electron chi connectivity index (χ3n) is 2.04. The molecule has 0 N–H and O–H groups in total. The molecule has 1 saturated heterocycles. The van der Waals surface area contributed by atoms with Gasteiger partial charge in [0.15, 0.2) is 0 Å². The number of hydrazone groups is 1. The Kier molecular flexibility index (Phi) is 1.59. The smallest absolute Gasteiger partial charge is 0.0726 e. The molecule has 56 valence electrons. The van der Waals surface area contributed by atoms with Crippen molar-refractivity contribution in [3.05, 3.63) is 0 Å². The van der Waals surface area contributed by atoms with E-state index in [1.807, 2.05) is 6.21 Å². The van der Waals surface area contributed by atoms with Crippen LogP contribution in [0.2, 0.25) is 0 Å². The average molecular weight is 140 g/mol. The van der Waals surface area contributed by atoms with Gasteiger partial charge in [-0.25, -0.2) is 0 Å². The number of hydrogen-bond donors (Lipinski definition) is 0. The average Bonchev–Trinajstić information content (AvgIpc) is 2.59. The summed E-state index contributed by atoms with van der Waals surface area (Å²) in [4.78, 5) is 0. The van der Waals surface area contributed by atoms with E-state index in [4.69, 9.17) is 4.74 Å². The van der Waals surface area contributed by atoms with Gasteiger partial charge in [-0.3, -0.25) is 5.01 Å². The zero-order valence-electron chi connectivity index (χ0n) is 5.99. The van der Waals surface area contributed by atoms with Crippen molar-refractivity contribution in [2.75, 3.05) is 19.8 Å². The SMILES string of the molecule is C1=NN([C@H]2CCOC2)CC1. The molecule has 0 aromatic carbocycles. The Morgan fingerprint density at radius 1 is 1.60 bits per heavy atom. The predicted octanol–water partition coefficient (Wildman–Crippen LogP) is 0.467. The topological polar surface area (TPSA) is 24.8 Å². The van der Waals surface area contributed by atoms with Gasteiger partial charge >= 0.3 is 0 Å². The van der Waals surface area contributed by atoms with Gasteiger partial charge in [0.1, 0.15) is 0 Å². The maximum Gasteiger partial charge on any atom is 0.0726 e. The highest BCUT2D eigenvalue weighted by molar-refractivity contribution is 5.58. The summed E-state index contributed by atoms with van der Waals surface area (Å²) in [6.07, 6.45) is 4.24. The molecule has 0 aliphatic carbocycles. The molecule has 0 radical (unpaired) electrons. The van der Waals surface area contributed by atoms with E-state index in [1.165, 1.54) is 0 Å². The first kappa shape index (κ1) is 6.16. The first-order chi connectivity index (χ1) is 4.97. The third-order valence-corrected chi connectivity index (χ3v) is 2.04. The normalized spacial score (nSPS) is 32.0. The summed E-state index contributed by atoms with van der Waals surface area (Å²) in [5, 5.41) is 6.39. The second-order valence-corrected chi connectivity index (χ2v) is 2.77. The van der Waals surface area contributed by atoms with E-state index in [-0.39, 0.29) is 0 Å². The Hall–Kier alpha value is -0.570. The van der Waals surface area contributed by atoms with Crippen molar-refractivity contribution in [3.63, 3.8) is 0 Å². The summed E-state index contributed by atoms with van der Waals surface area (Å²) in [5.41, 5.74) is 0. The fourth-order valence-corrected chi connectivity index (χ4v) is 1.44. The number of hydrogen-bond acceptors (Lipinski definition) is 3. The molecule has 2 rings (SSSR count). The molecule has 0 bridgehead atoms. The van der Waals surface area contributed by atoms with E-state index in [0.717, 1.165) is 32.6 Å². The summed E-state index contributed by atoms with van der Waals surface area (Å²) in [6, 6.07) is 0.568. The van der Waals surface area contributed by atoms with Crippen LogP contribution in [0.1, 0.15) is 12.8 Å². The molecule has 0 spiro atoms. The molecule has 3 heteroatoms. The monoisotopic (exact) mass is 140 g/mol. The van der Waals surface area contributed by atoms with Crippen LogP contribution in [0.4, 0.5) is 0 Å². The zero-order valence-corrected chi connectivity index (χ0v) is 5.99. The summed E-state index contributed by atoms with van der Waals surface area (Å²) < 4.78 is 5.25. The van der Waals surface area contributed by atoms with Crippen molar-refractivity contribution < 1.29 is 4.74 Å². The summed E-state index contributed by atoms with van der Waals surface area (Å²) >= 11 is 0. The molecular formula is C7H12N2O. The van der Waals surface area contributed by atoms with Crippen LogP contribution in [0.25, 0.3) is 0 Å². The number of nitrogens with zero attached hydrogens (tertiary/aromatic N) is 2. The van der Waals surface area contributed by atoms with Crippen molar-refractivity contribution in [2.45, 2.75) is 18.9 Å². The van der Waals surface area contributed by atoms with Gasteiger partial charge in [0.05, 0.1) is 12.6 Å². The van der Waals surface area contributed by atoms with Gasteiger partial charge < -0.3 is 4.74 Å². The van der Waals surface area contributed by atoms with Gasteiger partial charge in [-0.2, -0.15) is 5.10 Å². The Labute approximate surface area is 60.7 Å². The molecule has 1 fully saturated rings. The molecule has 2 heterocycles. The Morgan fingerprint density at radius 2 is 2.60 bits per heavy atom. The van der Waals surface area contributed by atoms with Crippen molar-refractivity contribution in [3.8, 4) is 0 Å². The van der Waals surface area contributed by atoms with E-state index in [0.29, 0.717) is 6.04 Å². The largest absolute Gasteiger partial charge is 0.379 e. The quantitative estimate of drug-likeness (QED) is 0.529. The molecular weight excluding hydrogens is 128 g/mol. The minimum Gasteiger partial charge on any atom is -0.379 e. The maximum absolute atomic E-state index is 5.25. The second-order valence-electron chi connectivity index (χ2n) is 2.77. The van der Waals surface area contributed by atoms with Crippen molar-refractivity contribution in [1.82, 2.24) is 5.01 Å². The molecule has 10 heavy (non-hydrogen) atoms. The lowest BCUT2D eigenvalue weighted by Crippen LogP contribution is -2.28. The van der Waals surface area contributed by atoms with Crippen molar-refractivity contribution in [2.24, 2.45) is 5.10 Å². The molecule has 0 unspecified atom stereocenters. The minimum absolute atomic E-state index is 0.568. The van der Waals surface area contributed by atoms with E-state index in [9.17, 15) is 0 Å². The summed E-state index contributed by atoms with van der Waals surface area (Å²) in [5.74, 6) is 0. The second kappa shape index (κ2) is 2.58. The molecule has 2 aliphatic rings. The number of rotatable bonds is 1. The van der Waals surface area contributed by atoms with Crippen LogP contribution in [0.15, 0.2) is 5.10 Å². The van der Waals surface area contributed by atoms with E-state index < -0.39 is 0 Å². The molecule has 3 nitrogen and oxygen atoms in total. The van der Waals surface area contributed by atoms with E-state index >= 15 is 0 Å². The Bertz CT molecular complexity index is 141. The molecule has 0 aromatic heterocycles. The lowest BCUT2D eigenvalue weighted by Gasteiger charge is -2.19. The Morgan fingerprint density at radius 3 is 3.20 bits per heavy atom. The van der Waals surface area contributed by atoms with Gasteiger partial charge in [0, 0.05) is 25.8 Å². The van der Waals surface area contributed by atoms with Gasteiger partial charge in [0.2, 0.25) is 0 Å². The van der Waals surface area contributed by atoms with Crippen LogP contribution in [0, 0.1) is 0 Å². The summed E-state index contributed by atoms with van der Waals surface area (Å²) in [6.45, 7) is 2.88. The standard InChI is InChI=1S/C7H12N2O/c1-3-8-9(4-1)7-2-5-10-6-7/h3,7H,1-2,4-6H2/t7-/m0/s1. The highest BCUT2D eigenvalue weighted by Gasteiger charge is 2.22. The first-order valence-electron chi connectivity index (χ1n) is 3.83. The zero-order chi connectivity index (χ0) is 6.81. The van der Waals surface area contributed by atoms with E-state index in [2.05, 4.69) is 10.1 Å². The lowest BCUT2D eigenvalue weighted by molar-refractivity contribution is 0.154. The van der Waals surface area contributed by atoms with E-state index in [1.54, 1.807) is 0 Å². The minimum atomic E-state index is 0.568. The highest BCUT2D eigenvalue weighted by atomic mass is 16.5. The van der Waals surface area contributed by atoms with Gasteiger partial charge in [-0.15, -0.1) is 0 Å². The lowest BCUT2D eigenvalue weighted by atomic mass is 10.2. The first-order valence-corrected chi connectivity index (χ1v) is 3.83. The maximum atomic E-state index is 5.25. The van der Waals surface area contributed by atoms with Crippen LogP contribution < -0.4 is 0 Å².